The number of carbonyl (C=O) groups is 2. The van der Waals surface area contributed by atoms with Gasteiger partial charge in [0.1, 0.15) is 11.9 Å². The first kappa shape index (κ1) is 32.3. The van der Waals surface area contributed by atoms with Crippen LogP contribution in [0.5, 0.6) is 0 Å². The van der Waals surface area contributed by atoms with E-state index < -0.39 is 23.7 Å². The molecule has 5 aromatic rings. The van der Waals surface area contributed by atoms with Crippen LogP contribution in [-0.4, -0.2) is 49.2 Å². The standard InChI is InChI=1S/C38H32F3N5O2/c39-38(40,41)33-13-8-27(9-14-33)10-15-36(47)46(25-28-6-11-30(12-7-28)31-16-21-42-22-17-31)34(24-35-43-19-3-20-44-35)37(48)45-23-18-29-4-1-2-5-32(29)26-45/h1-17,19-22,34H,18,23-26H2/b15-10+/t34-/m0/s1. The van der Waals surface area contributed by atoms with E-state index >= 15 is 0 Å². The molecule has 7 nitrogen and oxygen atoms in total. The number of pyridine rings is 1. The Bertz CT molecular complexity index is 1880. The highest BCUT2D eigenvalue weighted by Crippen LogP contribution is 2.29. The first-order valence-corrected chi connectivity index (χ1v) is 15.5. The number of halogens is 3. The van der Waals surface area contributed by atoms with Crippen LogP contribution < -0.4 is 0 Å². The number of nitrogens with zero attached hydrogens (tertiary/aromatic N) is 5. The summed E-state index contributed by atoms with van der Waals surface area (Å²) >= 11 is 0. The Morgan fingerprint density at radius 2 is 1.48 bits per heavy atom. The minimum Gasteiger partial charge on any atom is -0.336 e. The summed E-state index contributed by atoms with van der Waals surface area (Å²) in [4.78, 5) is 44.6. The number of amides is 2. The van der Waals surface area contributed by atoms with Gasteiger partial charge in [0.2, 0.25) is 11.8 Å². The van der Waals surface area contributed by atoms with E-state index in [0.29, 0.717) is 30.9 Å². The van der Waals surface area contributed by atoms with E-state index in [2.05, 4.69) is 21.0 Å². The molecule has 2 amide bonds. The number of aromatic nitrogens is 3. The monoisotopic (exact) mass is 647 g/mol. The van der Waals surface area contributed by atoms with E-state index in [4.69, 9.17) is 0 Å². The maximum atomic E-state index is 14.4. The van der Waals surface area contributed by atoms with Gasteiger partial charge in [-0.3, -0.25) is 14.6 Å². The lowest BCUT2D eigenvalue weighted by molar-refractivity contribution is -0.144. The first-order valence-electron chi connectivity index (χ1n) is 15.5. The lowest BCUT2D eigenvalue weighted by Gasteiger charge is -2.36. The molecule has 0 spiro atoms. The molecule has 0 bridgehead atoms. The van der Waals surface area contributed by atoms with Crippen LogP contribution in [0, 0.1) is 0 Å². The fourth-order valence-corrected chi connectivity index (χ4v) is 5.77. The van der Waals surface area contributed by atoms with Crippen molar-refractivity contribution in [3.8, 4) is 11.1 Å². The largest absolute Gasteiger partial charge is 0.416 e. The molecule has 0 radical (unpaired) electrons. The number of alkyl halides is 3. The van der Waals surface area contributed by atoms with Crippen molar-refractivity contribution in [3.05, 3.63) is 156 Å². The molecule has 0 aliphatic carbocycles. The first-order chi connectivity index (χ1) is 23.2. The summed E-state index contributed by atoms with van der Waals surface area (Å²) in [7, 11) is 0. The molecule has 0 fully saturated rings. The van der Waals surface area contributed by atoms with Gasteiger partial charge in [-0.25, -0.2) is 9.97 Å². The summed E-state index contributed by atoms with van der Waals surface area (Å²) < 4.78 is 39.4. The summed E-state index contributed by atoms with van der Waals surface area (Å²) in [6, 6.07) is 24.8. The van der Waals surface area contributed by atoms with Crippen molar-refractivity contribution >= 4 is 17.9 Å². The van der Waals surface area contributed by atoms with Crippen molar-refractivity contribution in [2.75, 3.05) is 6.54 Å². The molecule has 0 saturated carbocycles. The van der Waals surface area contributed by atoms with Gasteiger partial charge in [-0.1, -0.05) is 60.7 Å². The van der Waals surface area contributed by atoms with Crippen molar-refractivity contribution in [2.24, 2.45) is 0 Å². The number of hydrogen-bond donors (Lipinski definition) is 0. The van der Waals surface area contributed by atoms with Crippen LogP contribution in [0.3, 0.4) is 0 Å². The highest BCUT2D eigenvalue weighted by Gasteiger charge is 2.35. The zero-order valence-corrected chi connectivity index (χ0v) is 25.9. The molecule has 242 valence electrons. The van der Waals surface area contributed by atoms with E-state index in [1.165, 1.54) is 34.7 Å². The lowest BCUT2D eigenvalue weighted by Crippen LogP contribution is -2.52. The third-order valence-corrected chi connectivity index (χ3v) is 8.36. The van der Waals surface area contributed by atoms with Crippen LogP contribution in [0.2, 0.25) is 0 Å². The molecule has 0 unspecified atom stereocenters. The Morgan fingerprint density at radius 3 is 2.17 bits per heavy atom. The predicted molar refractivity (Wildman–Crippen MR) is 176 cm³/mol. The molecule has 10 heteroatoms. The molecular weight excluding hydrogens is 615 g/mol. The Balaban J connectivity index is 1.34. The molecule has 1 aliphatic heterocycles. The van der Waals surface area contributed by atoms with Gasteiger partial charge < -0.3 is 9.80 Å². The summed E-state index contributed by atoms with van der Waals surface area (Å²) in [6.07, 6.45) is 5.67. The van der Waals surface area contributed by atoms with Gasteiger partial charge >= 0.3 is 6.18 Å². The van der Waals surface area contributed by atoms with Gasteiger partial charge in [0.15, 0.2) is 0 Å². The van der Waals surface area contributed by atoms with Gasteiger partial charge in [-0.15, -0.1) is 0 Å². The van der Waals surface area contributed by atoms with Crippen molar-refractivity contribution in [1.29, 1.82) is 0 Å². The molecule has 1 aliphatic rings. The van der Waals surface area contributed by atoms with Crippen LogP contribution in [0.25, 0.3) is 17.2 Å². The van der Waals surface area contributed by atoms with Crippen LogP contribution in [-0.2, 0) is 41.7 Å². The zero-order chi connectivity index (χ0) is 33.5. The Morgan fingerprint density at radius 1 is 0.812 bits per heavy atom. The van der Waals surface area contributed by atoms with E-state index in [1.54, 1.807) is 35.8 Å². The van der Waals surface area contributed by atoms with E-state index in [0.717, 1.165) is 34.4 Å². The molecule has 48 heavy (non-hydrogen) atoms. The molecule has 1 atom stereocenters. The Kier molecular flexibility index (Phi) is 9.70. The van der Waals surface area contributed by atoms with Crippen molar-refractivity contribution in [1.82, 2.24) is 24.8 Å². The van der Waals surface area contributed by atoms with Crippen LogP contribution in [0.15, 0.2) is 122 Å². The van der Waals surface area contributed by atoms with Crippen LogP contribution in [0.1, 0.15) is 33.6 Å². The fourth-order valence-electron chi connectivity index (χ4n) is 5.77. The summed E-state index contributed by atoms with van der Waals surface area (Å²) in [5, 5.41) is 0. The molecule has 6 rings (SSSR count). The molecule has 3 heterocycles. The summed E-state index contributed by atoms with van der Waals surface area (Å²) in [6.45, 7) is 0.998. The Labute approximate surface area is 276 Å². The third-order valence-electron chi connectivity index (χ3n) is 8.36. The summed E-state index contributed by atoms with van der Waals surface area (Å²) in [5.41, 5.74) is 4.63. The number of rotatable bonds is 9. The second-order valence-electron chi connectivity index (χ2n) is 11.5. The van der Waals surface area contributed by atoms with Gasteiger partial charge in [0.05, 0.1) is 5.56 Å². The smallest absolute Gasteiger partial charge is 0.336 e. The van der Waals surface area contributed by atoms with Crippen LogP contribution in [0.4, 0.5) is 13.2 Å². The number of carbonyl (C=O) groups excluding carboxylic acids is 2. The van der Waals surface area contributed by atoms with E-state index in [9.17, 15) is 22.8 Å². The number of benzene rings is 3. The van der Waals surface area contributed by atoms with Crippen molar-refractivity contribution in [2.45, 2.75) is 38.1 Å². The third kappa shape index (κ3) is 7.83. The zero-order valence-electron chi connectivity index (χ0n) is 25.9. The summed E-state index contributed by atoms with van der Waals surface area (Å²) in [5.74, 6) is -0.299. The topological polar surface area (TPSA) is 79.3 Å². The molecular formula is C38H32F3N5O2. The maximum absolute atomic E-state index is 14.4. The van der Waals surface area contributed by atoms with Crippen molar-refractivity contribution in [3.63, 3.8) is 0 Å². The van der Waals surface area contributed by atoms with Crippen molar-refractivity contribution < 1.29 is 22.8 Å². The Hall–Kier alpha value is -5.64. The second kappa shape index (κ2) is 14.4. The van der Waals surface area contributed by atoms with Gasteiger partial charge in [0.25, 0.3) is 0 Å². The second-order valence-corrected chi connectivity index (χ2v) is 11.5. The van der Waals surface area contributed by atoms with Gasteiger partial charge in [-0.2, -0.15) is 13.2 Å². The van der Waals surface area contributed by atoms with Gasteiger partial charge in [-0.05, 0) is 76.2 Å². The molecule has 0 saturated heterocycles. The molecule has 0 N–H and O–H groups in total. The lowest BCUT2D eigenvalue weighted by atomic mass is 9.98. The molecule has 3 aromatic carbocycles. The highest BCUT2D eigenvalue weighted by atomic mass is 19.4. The number of fused-ring (bicyclic) bond motifs is 1. The maximum Gasteiger partial charge on any atom is 0.416 e. The fraction of sp³-hybridized carbons (Fsp3) is 0.184. The average Bonchev–Trinajstić information content (AvgIpc) is 3.12. The predicted octanol–water partition coefficient (Wildman–Crippen LogP) is 6.80. The minimum atomic E-state index is -4.47. The highest BCUT2D eigenvalue weighted by molar-refractivity contribution is 5.95. The van der Waals surface area contributed by atoms with Crippen LogP contribution >= 0.6 is 0 Å². The van der Waals surface area contributed by atoms with Gasteiger partial charge in [0, 0.05) is 56.9 Å². The molecule has 2 aromatic heterocycles. The SMILES string of the molecule is O=C([C@H](Cc1ncccn1)N(Cc1ccc(-c2ccncc2)cc1)C(=O)/C=C/c1ccc(C(F)(F)F)cc1)N1CCc2ccccc2C1. The minimum absolute atomic E-state index is 0.0762. The average molecular weight is 648 g/mol. The van der Waals surface area contributed by atoms with E-state index in [1.807, 2.05) is 54.6 Å². The van der Waals surface area contributed by atoms with E-state index in [-0.39, 0.29) is 18.9 Å². The quantitative estimate of drug-likeness (QED) is 0.165. The normalized spacial score (nSPS) is 13.6. The number of hydrogen-bond acceptors (Lipinski definition) is 5.